The SMILES string of the molecule is CCN1CCC[C@](C)(C(=O)N2Cc3nc(C)n(C)c(=O)c3C2)C1. The average molecular weight is 318 g/mol. The highest BCUT2D eigenvalue weighted by Crippen LogP contribution is 2.34. The third-order valence-electron chi connectivity index (χ3n) is 5.41. The average Bonchev–Trinajstić information content (AvgIpc) is 2.95. The number of nitrogens with zero attached hydrogens (tertiary/aromatic N) is 4. The van der Waals surface area contributed by atoms with Gasteiger partial charge in [0.1, 0.15) is 5.82 Å². The van der Waals surface area contributed by atoms with Crippen LogP contribution in [0.5, 0.6) is 0 Å². The Bertz CT molecular complexity index is 697. The molecule has 23 heavy (non-hydrogen) atoms. The molecule has 1 aromatic heterocycles. The number of carbonyl (C=O) groups excluding carboxylic acids is 1. The Hall–Kier alpha value is -1.69. The second kappa shape index (κ2) is 5.74. The van der Waals surface area contributed by atoms with E-state index in [2.05, 4.69) is 23.7 Å². The van der Waals surface area contributed by atoms with E-state index in [1.54, 1.807) is 11.6 Å². The van der Waals surface area contributed by atoms with Gasteiger partial charge < -0.3 is 9.80 Å². The van der Waals surface area contributed by atoms with Gasteiger partial charge in [-0.05, 0) is 39.8 Å². The third kappa shape index (κ3) is 2.69. The van der Waals surface area contributed by atoms with E-state index in [-0.39, 0.29) is 16.9 Å². The van der Waals surface area contributed by atoms with Gasteiger partial charge in [-0.2, -0.15) is 0 Å². The number of aromatic nitrogens is 2. The molecule has 0 aromatic carbocycles. The Morgan fingerprint density at radius 1 is 1.35 bits per heavy atom. The summed E-state index contributed by atoms with van der Waals surface area (Å²) in [5.41, 5.74) is 1.08. The molecule has 3 heterocycles. The lowest BCUT2D eigenvalue weighted by Crippen LogP contribution is -2.50. The molecule has 6 nitrogen and oxygen atoms in total. The highest BCUT2D eigenvalue weighted by Gasteiger charge is 2.42. The summed E-state index contributed by atoms with van der Waals surface area (Å²) in [5.74, 6) is 0.859. The largest absolute Gasteiger partial charge is 0.332 e. The number of piperidine rings is 1. The van der Waals surface area contributed by atoms with Crippen LogP contribution in [0.1, 0.15) is 43.8 Å². The maximum absolute atomic E-state index is 13.1. The summed E-state index contributed by atoms with van der Waals surface area (Å²) < 4.78 is 1.56. The first-order chi connectivity index (χ1) is 10.9. The molecule has 0 N–H and O–H groups in total. The second-order valence-electron chi connectivity index (χ2n) is 7.14. The van der Waals surface area contributed by atoms with Gasteiger partial charge in [0.05, 0.1) is 29.8 Å². The third-order valence-corrected chi connectivity index (χ3v) is 5.41. The molecule has 1 fully saturated rings. The Labute approximate surface area is 137 Å². The van der Waals surface area contributed by atoms with Crippen LogP contribution in [0.3, 0.4) is 0 Å². The zero-order valence-corrected chi connectivity index (χ0v) is 14.6. The minimum atomic E-state index is -0.351. The van der Waals surface area contributed by atoms with Crippen molar-refractivity contribution in [3.8, 4) is 0 Å². The normalized spacial score (nSPS) is 24.8. The molecule has 0 spiro atoms. The standard InChI is InChI=1S/C17H26N4O2/c1-5-20-8-6-7-17(3,11-20)16(23)21-9-13-14(10-21)18-12(2)19(4)15(13)22/h5-11H2,1-4H3/t17-/m0/s1. The molecule has 1 saturated heterocycles. The number of hydrogen-bond donors (Lipinski definition) is 0. The van der Waals surface area contributed by atoms with Crippen molar-refractivity contribution < 1.29 is 4.79 Å². The maximum Gasteiger partial charge on any atom is 0.258 e. The van der Waals surface area contributed by atoms with Crippen LogP contribution < -0.4 is 5.56 Å². The number of carbonyl (C=O) groups is 1. The molecule has 3 rings (SSSR count). The van der Waals surface area contributed by atoms with Crippen LogP contribution in [0.2, 0.25) is 0 Å². The lowest BCUT2D eigenvalue weighted by atomic mass is 9.80. The predicted molar refractivity (Wildman–Crippen MR) is 87.9 cm³/mol. The molecule has 0 saturated carbocycles. The first-order valence-corrected chi connectivity index (χ1v) is 8.43. The fraction of sp³-hybridized carbons (Fsp3) is 0.706. The van der Waals surface area contributed by atoms with Crippen LogP contribution in [-0.2, 0) is 24.9 Å². The van der Waals surface area contributed by atoms with Crippen molar-refractivity contribution in [1.29, 1.82) is 0 Å². The van der Waals surface area contributed by atoms with Crippen LogP contribution in [0.25, 0.3) is 0 Å². The van der Waals surface area contributed by atoms with Crippen molar-refractivity contribution >= 4 is 5.91 Å². The van der Waals surface area contributed by atoms with Gasteiger partial charge >= 0.3 is 0 Å². The Balaban J connectivity index is 1.83. The van der Waals surface area contributed by atoms with Gasteiger partial charge in [-0.1, -0.05) is 6.92 Å². The highest BCUT2D eigenvalue weighted by molar-refractivity contribution is 5.83. The first kappa shape index (κ1) is 16.2. The summed E-state index contributed by atoms with van der Waals surface area (Å²) >= 11 is 0. The van der Waals surface area contributed by atoms with E-state index in [9.17, 15) is 9.59 Å². The minimum absolute atomic E-state index is 0.0215. The summed E-state index contributed by atoms with van der Waals surface area (Å²) in [5, 5.41) is 0. The maximum atomic E-state index is 13.1. The van der Waals surface area contributed by atoms with Crippen LogP contribution in [0, 0.1) is 12.3 Å². The van der Waals surface area contributed by atoms with Crippen molar-refractivity contribution in [2.24, 2.45) is 12.5 Å². The number of fused-ring (bicyclic) bond motifs is 1. The predicted octanol–water partition coefficient (Wildman–Crippen LogP) is 1.05. The van der Waals surface area contributed by atoms with Crippen LogP contribution in [0.15, 0.2) is 4.79 Å². The number of likely N-dealkylation sites (tertiary alicyclic amines) is 1. The van der Waals surface area contributed by atoms with E-state index in [1.165, 1.54) is 0 Å². The van der Waals surface area contributed by atoms with Gasteiger partial charge in [-0.15, -0.1) is 0 Å². The number of aryl methyl sites for hydroxylation is 1. The molecular formula is C17H26N4O2. The molecule has 0 unspecified atom stereocenters. The minimum Gasteiger partial charge on any atom is -0.332 e. The number of hydrogen-bond acceptors (Lipinski definition) is 4. The number of rotatable bonds is 2. The Morgan fingerprint density at radius 2 is 2.09 bits per heavy atom. The van der Waals surface area contributed by atoms with Crippen molar-refractivity contribution in [3.05, 3.63) is 27.4 Å². The van der Waals surface area contributed by atoms with E-state index in [0.717, 1.165) is 38.2 Å². The summed E-state index contributed by atoms with van der Waals surface area (Å²) in [6.45, 7) is 9.75. The molecule has 0 radical (unpaired) electrons. The highest BCUT2D eigenvalue weighted by atomic mass is 16.2. The van der Waals surface area contributed by atoms with Gasteiger partial charge in [0, 0.05) is 13.6 Å². The van der Waals surface area contributed by atoms with Crippen LogP contribution in [-0.4, -0.2) is 44.9 Å². The summed E-state index contributed by atoms with van der Waals surface area (Å²) in [4.78, 5) is 34.1. The van der Waals surface area contributed by atoms with Crippen LogP contribution >= 0.6 is 0 Å². The van der Waals surface area contributed by atoms with E-state index in [4.69, 9.17) is 0 Å². The van der Waals surface area contributed by atoms with E-state index >= 15 is 0 Å². The first-order valence-electron chi connectivity index (χ1n) is 8.43. The summed E-state index contributed by atoms with van der Waals surface area (Å²) in [7, 11) is 1.73. The van der Waals surface area contributed by atoms with Gasteiger partial charge in [0.15, 0.2) is 0 Å². The van der Waals surface area contributed by atoms with Gasteiger partial charge in [-0.25, -0.2) is 4.98 Å². The molecule has 1 amide bonds. The molecular weight excluding hydrogens is 292 g/mol. The van der Waals surface area contributed by atoms with Gasteiger partial charge in [-0.3, -0.25) is 14.2 Å². The van der Waals surface area contributed by atoms with E-state index in [1.807, 2.05) is 11.8 Å². The molecule has 6 heteroatoms. The topological polar surface area (TPSA) is 58.4 Å². The molecule has 1 aromatic rings. The fourth-order valence-electron chi connectivity index (χ4n) is 3.84. The van der Waals surface area contributed by atoms with Crippen molar-refractivity contribution in [2.45, 2.75) is 46.7 Å². The molecule has 0 bridgehead atoms. The Kier molecular flexibility index (Phi) is 4.04. The molecule has 1 atom stereocenters. The Morgan fingerprint density at radius 3 is 2.78 bits per heavy atom. The van der Waals surface area contributed by atoms with Gasteiger partial charge in [0.2, 0.25) is 5.91 Å². The lowest BCUT2D eigenvalue weighted by molar-refractivity contribution is -0.145. The molecule has 126 valence electrons. The monoisotopic (exact) mass is 318 g/mol. The molecule has 0 aliphatic carbocycles. The summed E-state index contributed by atoms with van der Waals surface area (Å²) in [6.07, 6.45) is 1.97. The zero-order chi connectivity index (χ0) is 16.8. The van der Waals surface area contributed by atoms with Crippen molar-refractivity contribution in [3.63, 3.8) is 0 Å². The zero-order valence-electron chi connectivity index (χ0n) is 14.6. The summed E-state index contributed by atoms with van der Waals surface area (Å²) in [6, 6.07) is 0. The van der Waals surface area contributed by atoms with E-state index in [0.29, 0.717) is 24.5 Å². The fourth-order valence-corrected chi connectivity index (χ4v) is 3.84. The van der Waals surface area contributed by atoms with Crippen LogP contribution in [0.4, 0.5) is 0 Å². The molecule has 2 aliphatic rings. The smallest absolute Gasteiger partial charge is 0.258 e. The quantitative estimate of drug-likeness (QED) is 0.818. The molecule has 2 aliphatic heterocycles. The number of amides is 1. The van der Waals surface area contributed by atoms with Gasteiger partial charge in [0.25, 0.3) is 5.56 Å². The van der Waals surface area contributed by atoms with E-state index < -0.39 is 0 Å². The van der Waals surface area contributed by atoms with Crippen molar-refractivity contribution in [2.75, 3.05) is 19.6 Å². The van der Waals surface area contributed by atoms with Crippen molar-refractivity contribution in [1.82, 2.24) is 19.4 Å². The lowest BCUT2D eigenvalue weighted by Gasteiger charge is -2.40. The second-order valence-corrected chi connectivity index (χ2v) is 7.14.